The van der Waals surface area contributed by atoms with Crippen molar-refractivity contribution < 1.29 is 14.4 Å². The molecular weight excluding hydrogens is 703 g/mol. The van der Waals surface area contributed by atoms with Crippen LogP contribution < -0.4 is 26.6 Å². The van der Waals surface area contributed by atoms with Crippen LogP contribution in [0.1, 0.15) is 52.6 Å². The summed E-state index contributed by atoms with van der Waals surface area (Å²) in [7, 11) is 0. The highest BCUT2D eigenvalue weighted by Crippen LogP contribution is 2.23. The van der Waals surface area contributed by atoms with Gasteiger partial charge in [-0.15, -0.1) is 0 Å². The number of H-pyrrole nitrogens is 2. The molecule has 7 N–H and O–H groups in total. The van der Waals surface area contributed by atoms with E-state index < -0.39 is 0 Å². The number of carbonyl (C=O) groups excluding carboxylic acids is 3. The molecule has 53 heavy (non-hydrogen) atoms. The van der Waals surface area contributed by atoms with E-state index in [4.69, 9.17) is 24.4 Å². The fourth-order valence-electron chi connectivity index (χ4n) is 5.01. The Morgan fingerprint density at radius 3 is 1.40 bits per heavy atom. The highest BCUT2D eigenvalue weighted by atomic mass is 32.1. The zero-order chi connectivity index (χ0) is 37.6. The minimum absolute atomic E-state index is 0.0186. The molecule has 0 aliphatic heterocycles. The molecule has 3 amide bonds. The van der Waals surface area contributed by atoms with Crippen LogP contribution in [0.3, 0.4) is 0 Å². The van der Waals surface area contributed by atoms with Crippen molar-refractivity contribution in [3.05, 3.63) is 166 Å². The number of rotatable bonds is 11. The lowest BCUT2D eigenvalue weighted by Crippen LogP contribution is -2.13. The highest BCUT2D eigenvalue weighted by Gasteiger charge is 2.10. The Balaban J connectivity index is 0.000000206. The molecule has 4 aromatic carbocycles. The lowest BCUT2D eigenvalue weighted by Gasteiger charge is -2.16. The minimum atomic E-state index is -0.257. The Morgan fingerprint density at radius 2 is 0.962 bits per heavy atom. The minimum Gasteiger partial charge on any atom is -0.379 e. The average Bonchev–Trinajstić information content (AvgIpc) is 3.18. The second-order valence-corrected chi connectivity index (χ2v) is 12.6. The van der Waals surface area contributed by atoms with Crippen LogP contribution in [-0.4, -0.2) is 27.7 Å². The van der Waals surface area contributed by atoms with E-state index in [2.05, 4.69) is 55.6 Å². The van der Waals surface area contributed by atoms with Gasteiger partial charge in [0.1, 0.15) is 9.28 Å². The average molecular weight is 742 g/mol. The molecule has 12 heteroatoms. The number of benzene rings is 4. The topological polar surface area (TPSA) is 143 Å². The van der Waals surface area contributed by atoms with Gasteiger partial charge in [-0.1, -0.05) is 61.7 Å². The number of hydrogen-bond acceptors (Lipinski definition) is 7. The van der Waals surface area contributed by atoms with Crippen molar-refractivity contribution in [1.82, 2.24) is 9.97 Å². The van der Waals surface area contributed by atoms with Crippen LogP contribution in [-0.2, 0) is 4.79 Å². The predicted octanol–water partition coefficient (Wildman–Crippen LogP) is 10.3. The van der Waals surface area contributed by atoms with Gasteiger partial charge >= 0.3 is 0 Å². The predicted molar refractivity (Wildman–Crippen MR) is 219 cm³/mol. The third-order valence-corrected chi connectivity index (χ3v) is 8.55. The summed E-state index contributed by atoms with van der Waals surface area (Å²) in [5.41, 5.74) is 7.02. The molecule has 0 bridgehead atoms. The van der Waals surface area contributed by atoms with Crippen molar-refractivity contribution in [1.29, 1.82) is 0 Å². The molecule has 1 atom stereocenters. The van der Waals surface area contributed by atoms with E-state index in [1.165, 1.54) is 5.56 Å². The van der Waals surface area contributed by atoms with Crippen LogP contribution in [0.15, 0.2) is 140 Å². The first-order valence-electron chi connectivity index (χ1n) is 16.8. The quantitative estimate of drug-likeness (QED) is 0.0655. The molecule has 0 aliphatic carbocycles. The molecule has 6 rings (SSSR count). The van der Waals surface area contributed by atoms with E-state index in [1.807, 2.05) is 97.9 Å². The fraction of sp³-hybridized carbons (Fsp3) is 0.0976. The number of aromatic nitrogens is 2. The van der Waals surface area contributed by atoms with Gasteiger partial charge in [0.25, 0.3) is 11.8 Å². The maximum atomic E-state index is 12.3. The molecule has 0 saturated carbocycles. The van der Waals surface area contributed by atoms with E-state index in [0.29, 0.717) is 32.5 Å². The Bertz CT molecular complexity index is 2260. The molecule has 1 unspecified atom stereocenters. The smallest absolute Gasteiger partial charge is 0.258 e. The second kappa shape index (κ2) is 18.7. The fourth-order valence-corrected chi connectivity index (χ4v) is 5.47. The van der Waals surface area contributed by atoms with Crippen LogP contribution in [0.5, 0.6) is 0 Å². The van der Waals surface area contributed by atoms with E-state index >= 15 is 0 Å². The first-order valence-corrected chi connectivity index (χ1v) is 17.7. The third-order valence-electron chi connectivity index (χ3n) is 7.87. The molecule has 268 valence electrons. The van der Waals surface area contributed by atoms with Gasteiger partial charge < -0.3 is 36.6 Å². The number of aromatic amines is 2. The van der Waals surface area contributed by atoms with Gasteiger partial charge in [-0.3, -0.25) is 14.4 Å². The van der Waals surface area contributed by atoms with Crippen LogP contribution in [0, 0.1) is 9.28 Å². The van der Waals surface area contributed by atoms with Gasteiger partial charge in [0.15, 0.2) is 0 Å². The molecule has 0 spiro atoms. The molecule has 6 aromatic rings. The molecular formula is C41H39N7O3S2. The highest BCUT2D eigenvalue weighted by molar-refractivity contribution is 7.71. The summed E-state index contributed by atoms with van der Waals surface area (Å²) in [6.07, 6.45) is 3.83. The Labute approximate surface area is 318 Å². The summed E-state index contributed by atoms with van der Waals surface area (Å²) in [5, 5.41) is 15.2. The molecule has 2 heterocycles. The molecule has 10 nitrogen and oxygen atoms in total. The molecule has 0 radical (unpaired) electrons. The molecule has 0 fully saturated rings. The molecule has 0 aliphatic rings. The van der Waals surface area contributed by atoms with Crippen LogP contribution in [0.4, 0.5) is 34.1 Å². The summed E-state index contributed by atoms with van der Waals surface area (Å²) >= 11 is 10.3. The SMILES string of the molecule is CC(Nc1ccc(NC(=O)c2ccc[nH]c2=S)cc1)c1ccccc1.CCC(=O)Nc1ccc(Nc2ccc(NC(=O)c3ccc[nH]c3=S)cc2)cc1. The van der Waals surface area contributed by atoms with Crippen molar-refractivity contribution in [2.45, 2.75) is 26.3 Å². The van der Waals surface area contributed by atoms with Crippen LogP contribution >= 0.6 is 24.4 Å². The van der Waals surface area contributed by atoms with E-state index in [-0.39, 0.29) is 23.8 Å². The summed E-state index contributed by atoms with van der Waals surface area (Å²) in [5.74, 6) is -0.498. The normalized spacial score (nSPS) is 10.8. The standard InChI is InChI=1S/C21H20N4O2S.C20H19N3OS/c1-2-19(26)24-16-9-5-14(6-10-16)23-15-7-11-17(12-8-15)25-20(27)18-4-3-13-22-21(18)28;1-14(15-6-3-2-4-7-15)22-16-9-11-17(12-10-16)23-19(24)18-8-5-13-21-20(18)25/h3-13,23H,2H2,1H3,(H,22,28)(H,24,26)(H,25,27);2-14,22H,1H3,(H,21,25)(H,23,24). The first-order chi connectivity index (χ1) is 25.7. The number of pyridine rings is 2. The number of carbonyl (C=O) groups is 3. The number of hydrogen-bond donors (Lipinski definition) is 7. The van der Waals surface area contributed by atoms with Gasteiger partial charge in [-0.2, -0.15) is 0 Å². The summed E-state index contributed by atoms with van der Waals surface area (Å²) in [6.45, 7) is 3.92. The van der Waals surface area contributed by atoms with Crippen molar-refractivity contribution >= 4 is 76.3 Å². The van der Waals surface area contributed by atoms with Crippen molar-refractivity contribution in [3.8, 4) is 0 Å². The van der Waals surface area contributed by atoms with E-state index in [9.17, 15) is 14.4 Å². The Kier molecular flexibility index (Phi) is 13.4. The lowest BCUT2D eigenvalue weighted by molar-refractivity contribution is -0.115. The maximum Gasteiger partial charge on any atom is 0.258 e. The van der Waals surface area contributed by atoms with Crippen molar-refractivity contribution in [3.63, 3.8) is 0 Å². The Hall–Kier alpha value is -6.37. The molecule has 2 aromatic heterocycles. The van der Waals surface area contributed by atoms with Gasteiger partial charge in [-0.05, 0) is 110 Å². The summed E-state index contributed by atoms with van der Waals surface area (Å²) < 4.78 is 0.826. The van der Waals surface area contributed by atoms with E-state index in [0.717, 1.165) is 28.4 Å². The number of anilines is 6. The number of nitrogens with one attached hydrogen (secondary N) is 7. The number of amides is 3. The van der Waals surface area contributed by atoms with E-state index in [1.54, 1.807) is 36.7 Å². The maximum absolute atomic E-state index is 12.3. The summed E-state index contributed by atoms with van der Waals surface area (Å²) in [6, 6.07) is 39.8. The summed E-state index contributed by atoms with van der Waals surface area (Å²) in [4.78, 5) is 41.7. The third kappa shape index (κ3) is 11.3. The Morgan fingerprint density at radius 1 is 0.547 bits per heavy atom. The largest absolute Gasteiger partial charge is 0.379 e. The second-order valence-electron chi connectivity index (χ2n) is 11.8. The van der Waals surface area contributed by atoms with Crippen LogP contribution in [0.25, 0.3) is 0 Å². The van der Waals surface area contributed by atoms with Crippen molar-refractivity contribution in [2.24, 2.45) is 0 Å². The zero-order valence-electron chi connectivity index (χ0n) is 29.1. The van der Waals surface area contributed by atoms with Crippen molar-refractivity contribution in [2.75, 3.05) is 26.6 Å². The monoisotopic (exact) mass is 741 g/mol. The van der Waals surface area contributed by atoms with Gasteiger partial charge in [0, 0.05) is 59.0 Å². The lowest BCUT2D eigenvalue weighted by atomic mass is 10.1. The first kappa shape index (κ1) is 37.9. The van der Waals surface area contributed by atoms with Gasteiger partial charge in [0.05, 0.1) is 11.1 Å². The zero-order valence-corrected chi connectivity index (χ0v) is 30.7. The van der Waals surface area contributed by atoms with Gasteiger partial charge in [0.2, 0.25) is 5.91 Å². The van der Waals surface area contributed by atoms with Gasteiger partial charge in [-0.25, -0.2) is 0 Å². The molecule has 0 saturated heterocycles. The van der Waals surface area contributed by atoms with Crippen LogP contribution in [0.2, 0.25) is 0 Å².